The lowest BCUT2D eigenvalue weighted by molar-refractivity contribution is -0.0546. The fraction of sp³-hybridized carbons (Fsp3) is 0.882. The maximum Gasteiger partial charge on any atom is 0.192 e. The van der Waals surface area contributed by atoms with Crippen LogP contribution in [0, 0.1) is 46.3 Å². The molecule has 0 amide bonds. The van der Waals surface area contributed by atoms with Gasteiger partial charge in [0.05, 0.1) is 0 Å². The zero-order chi connectivity index (χ0) is 26.5. The zero-order valence-corrected chi connectivity index (χ0v) is 26.6. The van der Waals surface area contributed by atoms with E-state index in [-0.39, 0.29) is 0 Å². The molecule has 3 saturated carbocycles. The van der Waals surface area contributed by atoms with Crippen molar-refractivity contribution in [2.45, 2.75) is 143 Å². The van der Waals surface area contributed by atoms with Gasteiger partial charge in [-0.15, -0.1) is 6.58 Å². The molecule has 1 nitrogen and oxygen atoms in total. The number of rotatable bonds is 8. The summed E-state index contributed by atoms with van der Waals surface area (Å²) in [4.78, 5) is 0. The molecule has 36 heavy (non-hydrogen) atoms. The van der Waals surface area contributed by atoms with Crippen LogP contribution in [0.25, 0.3) is 0 Å². The van der Waals surface area contributed by atoms with E-state index in [9.17, 15) is 0 Å². The molecule has 2 heteroatoms. The van der Waals surface area contributed by atoms with E-state index in [2.05, 4.69) is 80.3 Å². The first-order valence-electron chi connectivity index (χ1n) is 15.7. The van der Waals surface area contributed by atoms with Gasteiger partial charge in [0.2, 0.25) is 0 Å². The molecule has 0 aromatic heterocycles. The third kappa shape index (κ3) is 5.13. The molecular weight excluding hydrogens is 452 g/mol. The van der Waals surface area contributed by atoms with Crippen LogP contribution in [0.5, 0.6) is 0 Å². The van der Waals surface area contributed by atoms with Gasteiger partial charge in [0, 0.05) is 6.10 Å². The average Bonchev–Trinajstić information content (AvgIpc) is 3.13. The van der Waals surface area contributed by atoms with Crippen LogP contribution in [0.15, 0.2) is 24.3 Å². The average molecular weight is 513 g/mol. The molecule has 4 aliphatic rings. The molecular formula is C34H60OSi. The molecule has 4 aliphatic carbocycles. The summed E-state index contributed by atoms with van der Waals surface area (Å²) in [6.45, 7) is 26.5. The molecule has 0 bridgehead atoms. The quantitative estimate of drug-likeness (QED) is 0.232. The van der Waals surface area contributed by atoms with Crippen molar-refractivity contribution in [3.05, 3.63) is 24.3 Å². The largest absolute Gasteiger partial charge is 0.414 e. The summed E-state index contributed by atoms with van der Waals surface area (Å²) < 4.78 is 6.95. The Hall–Kier alpha value is -0.343. The first kappa shape index (κ1) is 28.7. The van der Waals surface area contributed by atoms with E-state index in [1.165, 1.54) is 70.6 Å². The highest BCUT2D eigenvalue weighted by molar-refractivity contribution is 6.74. The van der Waals surface area contributed by atoms with E-state index >= 15 is 0 Å². The van der Waals surface area contributed by atoms with Gasteiger partial charge in [-0.25, -0.2) is 0 Å². The van der Waals surface area contributed by atoms with Crippen LogP contribution >= 0.6 is 0 Å². The third-order valence-corrected chi connectivity index (χ3v) is 17.1. The van der Waals surface area contributed by atoms with Crippen molar-refractivity contribution < 1.29 is 4.43 Å². The number of hydrogen-bond acceptors (Lipinski definition) is 1. The Morgan fingerprint density at radius 3 is 2.42 bits per heavy atom. The van der Waals surface area contributed by atoms with Gasteiger partial charge < -0.3 is 4.43 Å². The van der Waals surface area contributed by atoms with E-state index in [1.807, 2.05) is 0 Å². The Bertz CT molecular complexity index is 818. The minimum Gasteiger partial charge on any atom is -0.414 e. The van der Waals surface area contributed by atoms with Gasteiger partial charge in [0.25, 0.3) is 0 Å². The molecule has 0 aromatic carbocycles. The lowest BCUT2D eigenvalue weighted by Crippen LogP contribution is -2.52. The monoisotopic (exact) mass is 512 g/mol. The van der Waals surface area contributed by atoms with E-state index < -0.39 is 8.32 Å². The van der Waals surface area contributed by atoms with Crippen molar-refractivity contribution in [2.24, 2.45) is 46.3 Å². The van der Waals surface area contributed by atoms with Gasteiger partial charge in [-0.05, 0) is 122 Å². The Labute approximate surface area is 226 Å². The minimum atomic E-state index is -1.71. The van der Waals surface area contributed by atoms with E-state index in [0.29, 0.717) is 22.0 Å². The van der Waals surface area contributed by atoms with Crippen molar-refractivity contribution in [3.8, 4) is 0 Å². The maximum absolute atomic E-state index is 6.95. The van der Waals surface area contributed by atoms with Crippen LogP contribution in [0.4, 0.5) is 0 Å². The predicted octanol–water partition coefficient (Wildman–Crippen LogP) is 10.6. The molecule has 0 saturated heterocycles. The summed E-state index contributed by atoms with van der Waals surface area (Å²) in [5.41, 5.74) is 2.72. The molecule has 206 valence electrons. The predicted molar refractivity (Wildman–Crippen MR) is 160 cm³/mol. The Kier molecular flexibility index (Phi) is 8.22. The summed E-state index contributed by atoms with van der Waals surface area (Å²) in [6.07, 6.45) is 20.6. The van der Waals surface area contributed by atoms with Crippen LogP contribution in [0.3, 0.4) is 0 Å². The summed E-state index contributed by atoms with van der Waals surface area (Å²) >= 11 is 0. The Morgan fingerprint density at radius 1 is 1.06 bits per heavy atom. The lowest BCUT2D eigenvalue weighted by atomic mass is 9.47. The normalized spacial score (nSPS) is 39.7. The summed E-state index contributed by atoms with van der Waals surface area (Å²) in [5.74, 6) is 5.13. The SMILES string of the molecule is C=C[C@H](CCCC(C)C)[C@H]1CC[C@H]2[C@@H]3CC=C4C[C@@H](O[Si](C)(C)C(C)(C)C)CC[C@]4(C)[C@H]3CC[C@]12C. The molecule has 3 fully saturated rings. The van der Waals surface area contributed by atoms with E-state index in [0.717, 1.165) is 35.5 Å². The van der Waals surface area contributed by atoms with Gasteiger partial charge in [0.1, 0.15) is 0 Å². The zero-order valence-electron chi connectivity index (χ0n) is 25.6. The van der Waals surface area contributed by atoms with Crippen molar-refractivity contribution >= 4 is 8.32 Å². The van der Waals surface area contributed by atoms with Crippen molar-refractivity contribution in [1.82, 2.24) is 0 Å². The fourth-order valence-corrected chi connectivity index (χ4v) is 10.7. The molecule has 8 atom stereocenters. The highest BCUT2D eigenvalue weighted by Crippen LogP contribution is 2.67. The van der Waals surface area contributed by atoms with Crippen LogP contribution in [0.1, 0.15) is 119 Å². The molecule has 0 N–H and O–H groups in total. The highest BCUT2D eigenvalue weighted by atomic mass is 28.4. The fourth-order valence-electron chi connectivity index (χ4n) is 9.31. The first-order chi connectivity index (χ1) is 16.7. The van der Waals surface area contributed by atoms with Crippen LogP contribution in [-0.2, 0) is 4.43 Å². The topological polar surface area (TPSA) is 9.23 Å². The Balaban J connectivity index is 1.47. The minimum absolute atomic E-state index is 0.296. The second-order valence-electron chi connectivity index (χ2n) is 16.0. The van der Waals surface area contributed by atoms with Crippen LogP contribution in [0.2, 0.25) is 18.1 Å². The molecule has 0 aliphatic heterocycles. The molecule has 0 unspecified atom stereocenters. The van der Waals surface area contributed by atoms with Gasteiger partial charge in [-0.3, -0.25) is 0 Å². The van der Waals surface area contributed by atoms with Crippen molar-refractivity contribution in [1.29, 1.82) is 0 Å². The maximum atomic E-state index is 6.95. The summed E-state index contributed by atoms with van der Waals surface area (Å²) in [6, 6.07) is 0. The summed E-state index contributed by atoms with van der Waals surface area (Å²) in [7, 11) is -1.71. The van der Waals surface area contributed by atoms with Crippen LogP contribution in [-0.4, -0.2) is 14.4 Å². The second-order valence-corrected chi connectivity index (χ2v) is 20.7. The van der Waals surface area contributed by atoms with Gasteiger partial charge in [0.15, 0.2) is 8.32 Å². The van der Waals surface area contributed by atoms with Crippen molar-refractivity contribution in [3.63, 3.8) is 0 Å². The highest BCUT2D eigenvalue weighted by Gasteiger charge is 2.59. The molecule has 4 rings (SSSR count). The van der Waals surface area contributed by atoms with Crippen molar-refractivity contribution in [2.75, 3.05) is 0 Å². The van der Waals surface area contributed by atoms with Crippen LogP contribution < -0.4 is 0 Å². The second kappa shape index (κ2) is 10.3. The standard InChI is InChI=1S/C34H60OSi/c1-11-25(14-12-13-24(2)3)29-17-18-30-28-16-15-26-23-27(35-36(9,10)32(4,5)6)19-21-33(26,7)31(28)20-22-34(29,30)8/h11,15,24-25,27-31H,1,12-14,16-23H2,2-10H3/t25-,27+,28+,29-,30+,31+,33+,34-/m1/s1. The van der Waals surface area contributed by atoms with Gasteiger partial charge in [-0.1, -0.05) is 79.0 Å². The molecule has 0 spiro atoms. The first-order valence-corrected chi connectivity index (χ1v) is 18.6. The number of fused-ring (bicyclic) bond motifs is 5. The molecule has 0 radical (unpaired) electrons. The lowest BCUT2D eigenvalue weighted by Gasteiger charge is -2.59. The molecule has 0 heterocycles. The Morgan fingerprint density at radius 2 is 1.78 bits per heavy atom. The van der Waals surface area contributed by atoms with Gasteiger partial charge in [-0.2, -0.15) is 0 Å². The van der Waals surface area contributed by atoms with E-state index in [1.54, 1.807) is 5.57 Å². The third-order valence-electron chi connectivity index (χ3n) is 12.5. The van der Waals surface area contributed by atoms with Gasteiger partial charge >= 0.3 is 0 Å². The molecule has 0 aromatic rings. The number of hydrogen-bond donors (Lipinski definition) is 0. The number of allylic oxidation sites excluding steroid dienone is 2. The summed E-state index contributed by atoms with van der Waals surface area (Å²) in [5, 5.41) is 0.296. The smallest absolute Gasteiger partial charge is 0.192 e. The van der Waals surface area contributed by atoms with E-state index in [4.69, 9.17) is 4.43 Å².